The van der Waals surface area contributed by atoms with E-state index in [9.17, 15) is 18.0 Å². The lowest BCUT2D eigenvalue weighted by molar-refractivity contribution is -0.139. The van der Waals surface area contributed by atoms with Crippen molar-refractivity contribution in [2.75, 3.05) is 19.1 Å². The molecule has 0 amide bonds. The van der Waals surface area contributed by atoms with Crippen LogP contribution in [0.5, 0.6) is 0 Å². The number of carbonyl (C=O) groups excluding carboxylic acids is 2. The second-order valence-corrected chi connectivity index (χ2v) is 8.41. The number of methoxy groups -OCH3 is 2. The van der Waals surface area contributed by atoms with Crippen LogP contribution in [0.3, 0.4) is 0 Å². The third-order valence-corrected chi connectivity index (χ3v) is 6.12. The summed E-state index contributed by atoms with van der Waals surface area (Å²) < 4.78 is 34.2. The maximum absolute atomic E-state index is 12.4. The van der Waals surface area contributed by atoms with Gasteiger partial charge >= 0.3 is 11.9 Å². The highest BCUT2D eigenvalue weighted by molar-refractivity contribution is 7.92. The van der Waals surface area contributed by atoms with Crippen molar-refractivity contribution in [3.8, 4) is 0 Å². The van der Waals surface area contributed by atoms with Crippen molar-refractivity contribution in [3.63, 3.8) is 0 Å². The summed E-state index contributed by atoms with van der Waals surface area (Å²) >= 11 is 0. The number of anilines is 1. The first-order valence-electron chi connectivity index (χ1n) is 8.13. The third-order valence-electron chi connectivity index (χ3n) is 3.95. The Balaban J connectivity index is 2.58. The normalized spacial score (nSPS) is 14.3. The molecule has 0 saturated heterocycles. The molecule has 0 radical (unpaired) electrons. The maximum Gasteiger partial charge on any atom is 0.355 e. The molecule has 0 aromatic heterocycles. The molecule has 1 heterocycles. The Kier molecular flexibility index (Phi) is 6.22. The highest BCUT2D eigenvalue weighted by atomic mass is 32.2. The van der Waals surface area contributed by atoms with Crippen LogP contribution >= 0.6 is 0 Å². The summed E-state index contributed by atoms with van der Waals surface area (Å²) in [5.74, 6) is -1.43. The number of hydrogen-bond acceptors (Lipinski definition) is 7. The molecule has 8 heteroatoms. The van der Waals surface area contributed by atoms with Crippen LogP contribution in [-0.2, 0) is 28.9 Å². The molecule has 1 aromatic carbocycles. The first-order chi connectivity index (χ1) is 12.7. The Morgan fingerprint density at radius 3 is 2.07 bits per heavy atom. The van der Waals surface area contributed by atoms with Gasteiger partial charge in [-0.05, 0) is 50.3 Å². The van der Waals surface area contributed by atoms with Crippen molar-refractivity contribution in [3.05, 3.63) is 60.0 Å². The molecule has 144 valence electrons. The molecular weight excluding hydrogens is 370 g/mol. The number of nitrogens with zero attached hydrogens (tertiary/aromatic N) is 1. The fourth-order valence-electron chi connectivity index (χ4n) is 2.43. The van der Waals surface area contributed by atoms with Crippen molar-refractivity contribution >= 4 is 27.5 Å². The van der Waals surface area contributed by atoms with Crippen molar-refractivity contribution in [1.82, 2.24) is 0 Å². The monoisotopic (exact) mass is 391 g/mol. The van der Waals surface area contributed by atoms with Gasteiger partial charge in [-0.25, -0.2) is 18.0 Å². The molecule has 0 bridgehead atoms. The van der Waals surface area contributed by atoms with Crippen molar-refractivity contribution in [2.45, 2.75) is 24.0 Å². The van der Waals surface area contributed by atoms with Gasteiger partial charge in [-0.3, -0.25) is 0 Å². The van der Waals surface area contributed by atoms with E-state index in [0.29, 0.717) is 5.69 Å². The van der Waals surface area contributed by atoms with E-state index in [1.807, 2.05) is 0 Å². The number of esters is 2. The topological polar surface area (TPSA) is 90.0 Å². The summed E-state index contributed by atoms with van der Waals surface area (Å²) in [4.78, 5) is 26.1. The van der Waals surface area contributed by atoms with Crippen molar-refractivity contribution < 1.29 is 27.5 Å². The van der Waals surface area contributed by atoms with Gasteiger partial charge in [0.1, 0.15) is 5.70 Å². The van der Waals surface area contributed by atoms with E-state index in [4.69, 9.17) is 9.47 Å². The van der Waals surface area contributed by atoms with E-state index in [1.54, 1.807) is 44.3 Å². The minimum absolute atomic E-state index is 0.0215. The van der Waals surface area contributed by atoms with Crippen LogP contribution in [0.1, 0.15) is 13.8 Å². The van der Waals surface area contributed by atoms with Crippen molar-refractivity contribution in [2.24, 2.45) is 0 Å². The van der Waals surface area contributed by atoms with Gasteiger partial charge in [0.05, 0.1) is 29.9 Å². The van der Waals surface area contributed by atoms with Gasteiger partial charge in [0.2, 0.25) is 0 Å². The molecule has 27 heavy (non-hydrogen) atoms. The molecule has 0 fully saturated rings. The predicted octanol–water partition coefficient (Wildman–Crippen LogP) is 2.36. The Bertz CT molecular complexity index is 923. The van der Waals surface area contributed by atoms with Crippen LogP contribution < -0.4 is 4.90 Å². The van der Waals surface area contributed by atoms with Crippen molar-refractivity contribution in [1.29, 1.82) is 0 Å². The van der Waals surface area contributed by atoms with Gasteiger partial charge in [-0.1, -0.05) is 6.08 Å². The molecule has 0 saturated carbocycles. The molecule has 2 rings (SSSR count). The fraction of sp³-hybridized carbons (Fsp3) is 0.263. The number of hydrogen-bond donors (Lipinski definition) is 0. The lowest BCUT2D eigenvalue weighted by atomic mass is 10.1. The molecule has 0 aliphatic carbocycles. The average Bonchev–Trinajstić information content (AvgIpc) is 2.89. The zero-order chi connectivity index (χ0) is 20.2. The lowest BCUT2D eigenvalue weighted by Crippen LogP contribution is -2.27. The SMILES string of the molecule is COC(=O)C1=C(C(=O)OC)N(c2ccc(S(=O)(=O)C(C)C)cc2)C=CC=C1. The Morgan fingerprint density at radius 2 is 1.56 bits per heavy atom. The number of benzene rings is 1. The second-order valence-electron chi connectivity index (χ2n) is 5.90. The summed E-state index contributed by atoms with van der Waals surface area (Å²) in [6.45, 7) is 3.21. The van der Waals surface area contributed by atoms with Crippen LogP contribution in [0.25, 0.3) is 0 Å². The molecule has 0 unspecified atom stereocenters. The van der Waals surface area contributed by atoms with E-state index in [0.717, 1.165) is 0 Å². The second kappa shape index (κ2) is 8.22. The van der Waals surface area contributed by atoms with Crippen LogP contribution in [0.15, 0.2) is 64.9 Å². The van der Waals surface area contributed by atoms with E-state index < -0.39 is 27.0 Å². The van der Waals surface area contributed by atoms with E-state index in [1.165, 1.54) is 37.3 Å². The van der Waals surface area contributed by atoms with E-state index in [2.05, 4.69) is 0 Å². The van der Waals surface area contributed by atoms with Crippen LogP contribution in [0.2, 0.25) is 0 Å². The van der Waals surface area contributed by atoms with Gasteiger partial charge in [0.25, 0.3) is 0 Å². The highest BCUT2D eigenvalue weighted by Crippen LogP contribution is 2.28. The van der Waals surface area contributed by atoms with Crippen LogP contribution in [0.4, 0.5) is 5.69 Å². The number of carbonyl (C=O) groups is 2. The van der Waals surface area contributed by atoms with Gasteiger partial charge in [0.15, 0.2) is 9.84 Å². The Morgan fingerprint density at radius 1 is 0.963 bits per heavy atom. The van der Waals surface area contributed by atoms with Crippen LogP contribution in [-0.4, -0.2) is 39.8 Å². The van der Waals surface area contributed by atoms with Gasteiger partial charge < -0.3 is 14.4 Å². The summed E-state index contributed by atoms with van der Waals surface area (Å²) in [7, 11) is -0.999. The summed E-state index contributed by atoms with van der Waals surface area (Å²) in [5.41, 5.74) is 0.474. The number of ether oxygens (including phenoxy) is 2. The predicted molar refractivity (Wildman–Crippen MR) is 101 cm³/mol. The van der Waals surface area contributed by atoms with Gasteiger partial charge in [-0.15, -0.1) is 0 Å². The highest BCUT2D eigenvalue weighted by Gasteiger charge is 2.28. The van der Waals surface area contributed by atoms with Gasteiger partial charge in [-0.2, -0.15) is 0 Å². The van der Waals surface area contributed by atoms with Gasteiger partial charge in [0, 0.05) is 11.9 Å². The van der Waals surface area contributed by atoms with Crippen LogP contribution in [0, 0.1) is 0 Å². The number of sulfone groups is 1. The van der Waals surface area contributed by atoms with E-state index >= 15 is 0 Å². The Hall–Kier alpha value is -2.87. The molecule has 1 aliphatic rings. The zero-order valence-electron chi connectivity index (χ0n) is 15.5. The molecule has 1 aliphatic heterocycles. The zero-order valence-corrected chi connectivity index (χ0v) is 16.3. The quantitative estimate of drug-likeness (QED) is 0.712. The average molecular weight is 391 g/mol. The lowest BCUT2D eigenvalue weighted by Gasteiger charge is -2.23. The maximum atomic E-state index is 12.4. The standard InChI is InChI=1S/C19H21NO6S/c1-13(2)27(23,24)15-10-8-14(9-11-15)20-12-6-5-7-16(18(21)25-3)17(20)19(22)26-4/h5-13H,1-4H3. The summed E-state index contributed by atoms with van der Waals surface area (Å²) in [6.07, 6.45) is 6.25. The van der Waals surface area contributed by atoms with E-state index in [-0.39, 0.29) is 16.2 Å². The first-order valence-corrected chi connectivity index (χ1v) is 9.67. The largest absolute Gasteiger partial charge is 0.465 e. The summed E-state index contributed by atoms with van der Waals surface area (Å²) in [6, 6.07) is 6.04. The molecule has 0 N–H and O–H groups in total. The number of allylic oxidation sites excluding steroid dienone is 2. The molecule has 7 nitrogen and oxygen atoms in total. The minimum Gasteiger partial charge on any atom is -0.465 e. The molecular formula is C19H21NO6S. The Labute approximate surface area is 158 Å². The third kappa shape index (κ3) is 4.11. The molecule has 0 spiro atoms. The molecule has 1 aromatic rings. The smallest absolute Gasteiger partial charge is 0.355 e. The fourth-order valence-corrected chi connectivity index (χ4v) is 3.49. The number of rotatable bonds is 5. The summed E-state index contributed by atoms with van der Waals surface area (Å²) in [5, 5.41) is -0.554. The first kappa shape index (κ1) is 20.4. The molecule has 0 atom stereocenters. The minimum atomic E-state index is -3.42.